The van der Waals surface area contributed by atoms with Crippen LogP contribution >= 0.6 is 0 Å². The number of aliphatic hydroxyl groups excluding tert-OH is 1. The van der Waals surface area contributed by atoms with Crippen LogP contribution in [0.1, 0.15) is 43.0 Å². The fourth-order valence-corrected chi connectivity index (χ4v) is 4.03. The molecule has 1 aliphatic rings. The summed E-state index contributed by atoms with van der Waals surface area (Å²) in [6.45, 7) is 8.45. The Balaban J connectivity index is 1.64. The van der Waals surface area contributed by atoms with E-state index in [1.165, 1.54) is 11.1 Å². The highest BCUT2D eigenvalue weighted by atomic mass is 16.3. The Labute approximate surface area is 151 Å². The third-order valence-corrected chi connectivity index (χ3v) is 5.63. The molecule has 1 saturated heterocycles. The summed E-state index contributed by atoms with van der Waals surface area (Å²) in [7, 11) is 0. The highest BCUT2D eigenvalue weighted by Gasteiger charge is 2.34. The number of rotatable bonds is 7. The Morgan fingerprint density at radius 3 is 2.72 bits per heavy atom. The Bertz CT molecular complexity index is 667. The molecule has 136 valence electrons. The first kappa shape index (κ1) is 18.2. The lowest BCUT2D eigenvalue weighted by Gasteiger charge is -2.42. The number of piperidine rings is 1. The van der Waals surface area contributed by atoms with E-state index >= 15 is 0 Å². The van der Waals surface area contributed by atoms with Crippen LogP contribution in [-0.2, 0) is 19.5 Å². The molecule has 3 rings (SSSR count). The molecular formula is C21H31N3O. The molecule has 4 heteroatoms. The molecule has 2 heterocycles. The van der Waals surface area contributed by atoms with Gasteiger partial charge in [0.1, 0.15) is 0 Å². The predicted molar refractivity (Wildman–Crippen MR) is 101 cm³/mol. The molecule has 0 spiro atoms. The van der Waals surface area contributed by atoms with Gasteiger partial charge in [-0.15, -0.1) is 0 Å². The second-order valence-corrected chi connectivity index (χ2v) is 7.55. The van der Waals surface area contributed by atoms with Gasteiger partial charge in [-0.25, -0.2) is 0 Å². The maximum Gasteiger partial charge on any atom is 0.0638 e. The van der Waals surface area contributed by atoms with Crippen LogP contribution in [0, 0.1) is 12.3 Å². The van der Waals surface area contributed by atoms with Gasteiger partial charge in [-0.3, -0.25) is 9.58 Å². The summed E-state index contributed by atoms with van der Waals surface area (Å²) in [6, 6.07) is 10.6. The van der Waals surface area contributed by atoms with E-state index in [0.717, 1.165) is 57.6 Å². The van der Waals surface area contributed by atoms with Gasteiger partial charge in [0.15, 0.2) is 0 Å². The van der Waals surface area contributed by atoms with E-state index in [1.54, 1.807) is 0 Å². The standard InChI is InChI=1S/C21H31N3O/c1-3-24-15-20(18(2)22-24)14-23-13-7-11-21(16-23,17-25)12-10-19-8-5-4-6-9-19/h4-6,8-9,15,25H,3,7,10-14,16-17H2,1-2H3. The Morgan fingerprint density at radius 1 is 1.24 bits per heavy atom. The van der Waals surface area contributed by atoms with E-state index in [2.05, 4.69) is 60.4 Å². The molecule has 1 fully saturated rings. The summed E-state index contributed by atoms with van der Waals surface area (Å²) < 4.78 is 2.02. The van der Waals surface area contributed by atoms with E-state index in [9.17, 15) is 5.11 Å². The van der Waals surface area contributed by atoms with Crippen molar-refractivity contribution in [3.63, 3.8) is 0 Å². The molecule has 0 saturated carbocycles. The lowest BCUT2D eigenvalue weighted by atomic mass is 9.76. The van der Waals surface area contributed by atoms with Crippen LogP contribution < -0.4 is 0 Å². The highest BCUT2D eigenvalue weighted by molar-refractivity contribution is 5.16. The maximum atomic E-state index is 10.2. The second kappa shape index (κ2) is 8.15. The summed E-state index contributed by atoms with van der Waals surface area (Å²) >= 11 is 0. The minimum absolute atomic E-state index is 0.0305. The van der Waals surface area contributed by atoms with Crippen LogP contribution in [-0.4, -0.2) is 39.5 Å². The van der Waals surface area contributed by atoms with Crippen molar-refractivity contribution >= 4 is 0 Å². The number of aliphatic hydroxyl groups is 1. The monoisotopic (exact) mass is 341 g/mol. The molecule has 1 aromatic carbocycles. The van der Waals surface area contributed by atoms with E-state index in [4.69, 9.17) is 0 Å². The van der Waals surface area contributed by atoms with Crippen LogP contribution in [0.2, 0.25) is 0 Å². The molecule has 0 aliphatic carbocycles. The summed E-state index contributed by atoms with van der Waals surface area (Å²) in [4.78, 5) is 2.51. The molecule has 1 N–H and O–H groups in total. The van der Waals surface area contributed by atoms with Crippen LogP contribution in [0.4, 0.5) is 0 Å². The highest BCUT2D eigenvalue weighted by Crippen LogP contribution is 2.35. The van der Waals surface area contributed by atoms with E-state index in [1.807, 2.05) is 4.68 Å². The van der Waals surface area contributed by atoms with Crippen LogP contribution in [0.15, 0.2) is 36.5 Å². The van der Waals surface area contributed by atoms with Crippen LogP contribution in [0.25, 0.3) is 0 Å². The maximum absolute atomic E-state index is 10.2. The topological polar surface area (TPSA) is 41.3 Å². The molecule has 0 bridgehead atoms. The number of nitrogens with zero attached hydrogens (tertiary/aromatic N) is 3. The van der Waals surface area contributed by atoms with Crippen molar-refractivity contribution < 1.29 is 5.11 Å². The van der Waals surface area contributed by atoms with Gasteiger partial charge in [0.25, 0.3) is 0 Å². The number of aromatic nitrogens is 2. The predicted octanol–water partition coefficient (Wildman–Crippen LogP) is 3.42. The molecule has 0 radical (unpaired) electrons. The molecule has 25 heavy (non-hydrogen) atoms. The first-order chi connectivity index (χ1) is 12.1. The fourth-order valence-electron chi connectivity index (χ4n) is 4.03. The zero-order chi connectivity index (χ0) is 17.7. The van der Waals surface area contributed by atoms with Crippen molar-refractivity contribution in [2.24, 2.45) is 5.41 Å². The van der Waals surface area contributed by atoms with Crippen molar-refractivity contribution in [1.82, 2.24) is 14.7 Å². The Kier molecular flexibility index (Phi) is 5.92. The summed E-state index contributed by atoms with van der Waals surface area (Å²) in [5.74, 6) is 0. The zero-order valence-corrected chi connectivity index (χ0v) is 15.6. The minimum Gasteiger partial charge on any atom is -0.396 e. The molecule has 4 nitrogen and oxygen atoms in total. The normalized spacial score (nSPS) is 21.6. The number of benzene rings is 1. The summed E-state index contributed by atoms with van der Waals surface area (Å²) in [5.41, 5.74) is 3.85. The lowest BCUT2D eigenvalue weighted by molar-refractivity contribution is 0.0223. The minimum atomic E-state index is 0.0305. The average Bonchev–Trinajstić information content (AvgIpc) is 3.01. The first-order valence-corrected chi connectivity index (χ1v) is 9.54. The van der Waals surface area contributed by atoms with E-state index < -0.39 is 0 Å². The van der Waals surface area contributed by atoms with E-state index in [-0.39, 0.29) is 12.0 Å². The van der Waals surface area contributed by atoms with Crippen molar-refractivity contribution in [2.75, 3.05) is 19.7 Å². The van der Waals surface area contributed by atoms with Gasteiger partial charge >= 0.3 is 0 Å². The lowest BCUT2D eigenvalue weighted by Crippen LogP contribution is -2.45. The van der Waals surface area contributed by atoms with Crippen molar-refractivity contribution in [3.8, 4) is 0 Å². The fraction of sp³-hybridized carbons (Fsp3) is 0.571. The van der Waals surface area contributed by atoms with E-state index in [0.29, 0.717) is 0 Å². The smallest absolute Gasteiger partial charge is 0.0638 e. The molecule has 1 aromatic heterocycles. The number of hydrogen-bond donors (Lipinski definition) is 1. The van der Waals surface area contributed by atoms with Gasteiger partial charge in [-0.05, 0) is 51.6 Å². The van der Waals surface area contributed by atoms with Crippen LogP contribution in [0.5, 0.6) is 0 Å². The third-order valence-electron chi connectivity index (χ3n) is 5.63. The molecule has 0 amide bonds. The Hall–Kier alpha value is -1.65. The molecule has 1 aliphatic heterocycles. The number of likely N-dealkylation sites (tertiary alicyclic amines) is 1. The van der Waals surface area contributed by atoms with Crippen LogP contribution in [0.3, 0.4) is 0 Å². The first-order valence-electron chi connectivity index (χ1n) is 9.54. The third kappa shape index (κ3) is 4.50. The van der Waals surface area contributed by atoms with Crippen molar-refractivity contribution in [2.45, 2.75) is 52.6 Å². The van der Waals surface area contributed by atoms with Gasteiger partial charge in [0.05, 0.1) is 5.69 Å². The largest absolute Gasteiger partial charge is 0.396 e. The van der Waals surface area contributed by atoms with Gasteiger partial charge in [-0.1, -0.05) is 30.3 Å². The summed E-state index contributed by atoms with van der Waals surface area (Å²) in [6.07, 6.45) is 6.56. The second-order valence-electron chi connectivity index (χ2n) is 7.55. The molecular weight excluding hydrogens is 310 g/mol. The number of hydrogen-bond acceptors (Lipinski definition) is 3. The van der Waals surface area contributed by atoms with Gasteiger partial charge < -0.3 is 5.11 Å². The number of aryl methyl sites for hydroxylation is 3. The summed E-state index contributed by atoms with van der Waals surface area (Å²) in [5, 5.41) is 14.7. The SMILES string of the molecule is CCn1cc(CN2CCCC(CO)(CCc3ccccc3)C2)c(C)n1. The van der Waals surface area contributed by atoms with Crippen molar-refractivity contribution in [3.05, 3.63) is 53.3 Å². The average molecular weight is 341 g/mol. The van der Waals surface area contributed by atoms with Gasteiger partial charge in [0.2, 0.25) is 0 Å². The molecule has 1 unspecified atom stereocenters. The van der Waals surface area contributed by atoms with Gasteiger partial charge in [-0.2, -0.15) is 5.10 Å². The molecule has 2 aromatic rings. The zero-order valence-electron chi connectivity index (χ0n) is 15.6. The quantitative estimate of drug-likeness (QED) is 0.839. The molecule has 1 atom stereocenters. The van der Waals surface area contributed by atoms with Gasteiger partial charge in [0, 0.05) is 43.4 Å². The Morgan fingerprint density at radius 2 is 2.04 bits per heavy atom. The van der Waals surface area contributed by atoms with Crippen molar-refractivity contribution in [1.29, 1.82) is 0 Å².